The molecule has 5 aromatic rings. The minimum Gasteiger partial charge on any atom is -0.488 e. The maximum absolute atomic E-state index is 14.3. The van der Waals surface area contributed by atoms with E-state index in [-0.39, 0.29) is 18.3 Å². The molecule has 1 aliphatic carbocycles. The van der Waals surface area contributed by atoms with E-state index in [0.29, 0.717) is 21.9 Å². The van der Waals surface area contributed by atoms with E-state index in [1.165, 1.54) is 10.9 Å². The first-order chi connectivity index (χ1) is 19.2. The number of halogens is 1. The van der Waals surface area contributed by atoms with Gasteiger partial charge in [0.25, 0.3) is 5.91 Å². The summed E-state index contributed by atoms with van der Waals surface area (Å²) < 4.78 is 20.4. The van der Waals surface area contributed by atoms with E-state index in [9.17, 15) is 9.18 Å². The summed E-state index contributed by atoms with van der Waals surface area (Å²) in [6.07, 6.45) is 5.82. The minimum atomic E-state index is -0.299. The highest BCUT2D eigenvalue weighted by molar-refractivity contribution is 7.16. The number of carbonyl (C=O) groups is 1. The molecule has 0 spiro atoms. The van der Waals surface area contributed by atoms with Gasteiger partial charge in [-0.15, -0.1) is 11.3 Å². The standard InChI is InChI=1S/C33H27FN2O2S/c34-28-16-8-5-11-23(28)21-38-29-19-18-22-10-4-6-14-25(22)27(29)20-35-33-31(26-15-7-9-17-30(26)39-33)32(37)36-24-12-2-1-3-13-24/h1-6,8,10-14,16,18-20H,7,9,15,17,21H2,(H,36,37)/b35-20+. The Hall–Kier alpha value is -4.29. The SMILES string of the molecule is O=C(Nc1ccccc1)c1c(/N=C/c2c(OCc3ccccc3F)ccc3ccccc23)sc2c1CCCC2. The Kier molecular flexibility index (Phi) is 7.19. The monoisotopic (exact) mass is 534 g/mol. The van der Waals surface area contributed by atoms with Crippen LogP contribution in [0.5, 0.6) is 5.75 Å². The normalized spacial score (nSPS) is 12.9. The molecular formula is C33H27FN2O2S. The summed E-state index contributed by atoms with van der Waals surface area (Å²) in [5.41, 5.74) is 3.81. The zero-order chi connectivity index (χ0) is 26.6. The largest absolute Gasteiger partial charge is 0.488 e. The number of para-hydroxylation sites is 1. The van der Waals surface area contributed by atoms with E-state index in [1.807, 2.05) is 66.7 Å². The van der Waals surface area contributed by atoms with Gasteiger partial charge >= 0.3 is 0 Å². The molecule has 1 heterocycles. The zero-order valence-electron chi connectivity index (χ0n) is 21.3. The van der Waals surface area contributed by atoms with Gasteiger partial charge in [0.05, 0.1) is 5.56 Å². The molecule has 0 fully saturated rings. The third-order valence-electron chi connectivity index (χ3n) is 6.99. The van der Waals surface area contributed by atoms with Gasteiger partial charge in [-0.2, -0.15) is 0 Å². The van der Waals surface area contributed by atoms with E-state index in [0.717, 1.165) is 53.3 Å². The van der Waals surface area contributed by atoms with Gasteiger partial charge in [0.15, 0.2) is 0 Å². The van der Waals surface area contributed by atoms with Crippen molar-refractivity contribution in [3.63, 3.8) is 0 Å². The molecule has 6 heteroatoms. The Morgan fingerprint density at radius 1 is 0.923 bits per heavy atom. The third kappa shape index (κ3) is 5.33. The highest BCUT2D eigenvalue weighted by atomic mass is 32.1. The second-order valence-electron chi connectivity index (χ2n) is 9.55. The number of fused-ring (bicyclic) bond motifs is 2. The van der Waals surface area contributed by atoms with Crippen LogP contribution in [0.1, 0.15) is 44.8 Å². The Morgan fingerprint density at radius 2 is 1.69 bits per heavy atom. The Morgan fingerprint density at radius 3 is 2.56 bits per heavy atom. The molecule has 0 radical (unpaired) electrons. The predicted octanol–water partition coefficient (Wildman–Crippen LogP) is 8.50. The molecule has 1 amide bonds. The van der Waals surface area contributed by atoms with Crippen LogP contribution in [0, 0.1) is 5.82 Å². The fourth-order valence-electron chi connectivity index (χ4n) is 5.02. The molecule has 1 aliphatic rings. The lowest BCUT2D eigenvalue weighted by molar-refractivity contribution is 0.102. The van der Waals surface area contributed by atoms with Crippen LogP contribution in [0.2, 0.25) is 0 Å². The molecule has 0 saturated heterocycles. The van der Waals surface area contributed by atoms with E-state index in [4.69, 9.17) is 9.73 Å². The number of nitrogens with one attached hydrogen (secondary N) is 1. The van der Waals surface area contributed by atoms with Gasteiger partial charge in [-0.25, -0.2) is 9.38 Å². The number of aliphatic imine (C=N–C) groups is 1. The van der Waals surface area contributed by atoms with Gasteiger partial charge in [0.1, 0.15) is 23.2 Å². The lowest BCUT2D eigenvalue weighted by Crippen LogP contribution is -2.14. The Labute approximate surface area is 230 Å². The molecule has 4 aromatic carbocycles. The van der Waals surface area contributed by atoms with Crippen LogP contribution in [0.4, 0.5) is 15.1 Å². The highest BCUT2D eigenvalue weighted by Gasteiger charge is 2.25. The van der Waals surface area contributed by atoms with Gasteiger partial charge in [0, 0.05) is 27.9 Å². The number of aryl methyl sites for hydroxylation is 1. The third-order valence-corrected chi connectivity index (χ3v) is 8.19. The van der Waals surface area contributed by atoms with Crippen molar-refractivity contribution in [2.75, 3.05) is 5.32 Å². The molecule has 1 N–H and O–H groups in total. The van der Waals surface area contributed by atoms with Crippen LogP contribution in [-0.2, 0) is 19.4 Å². The summed E-state index contributed by atoms with van der Waals surface area (Å²) in [4.78, 5) is 19.7. The van der Waals surface area contributed by atoms with Crippen LogP contribution >= 0.6 is 11.3 Å². The van der Waals surface area contributed by atoms with Crippen molar-refractivity contribution in [3.05, 3.63) is 124 Å². The van der Waals surface area contributed by atoms with Crippen molar-refractivity contribution in [2.24, 2.45) is 4.99 Å². The number of hydrogen-bond donors (Lipinski definition) is 1. The molecular weight excluding hydrogens is 507 g/mol. The first kappa shape index (κ1) is 25.0. The summed E-state index contributed by atoms with van der Waals surface area (Å²) in [5.74, 6) is 0.172. The van der Waals surface area contributed by atoms with Crippen LogP contribution in [-0.4, -0.2) is 12.1 Å². The molecule has 1 aromatic heterocycles. The molecule has 6 rings (SSSR count). The summed E-state index contributed by atoms with van der Waals surface area (Å²) in [5, 5.41) is 5.77. The summed E-state index contributed by atoms with van der Waals surface area (Å²) in [7, 11) is 0. The number of hydrogen-bond acceptors (Lipinski definition) is 4. The first-order valence-electron chi connectivity index (χ1n) is 13.1. The number of anilines is 1. The topological polar surface area (TPSA) is 50.7 Å². The van der Waals surface area contributed by atoms with E-state index in [2.05, 4.69) is 5.32 Å². The zero-order valence-corrected chi connectivity index (χ0v) is 22.1. The lowest BCUT2D eigenvalue weighted by Gasteiger charge is -2.13. The van der Waals surface area contributed by atoms with Crippen molar-refractivity contribution >= 4 is 44.9 Å². The van der Waals surface area contributed by atoms with Crippen molar-refractivity contribution in [1.29, 1.82) is 0 Å². The number of amides is 1. The molecule has 0 atom stereocenters. The first-order valence-corrected chi connectivity index (χ1v) is 13.9. The van der Waals surface area contributed by atoms with Crippen molar-refractivity contribution in [3.8, 4) is 5.75 Å². The fourth-order valence-corrected chi connectivity index (χ4v) is 6.25. The highest BCUT2D eigenvalue weighted by Crippen LogP contribution is 2.40. The van der Waals surface area contributed by atoms with Gasteiger partial charge in [-0.3, -0.25) is 4.79 Å². The quantitative estimate of drug-likeness (QED) is 0.213. The Bertz CT molecular complexity index is 1680. The number of nitrogens with zero attached hydrogens (tertiary/aromatic N) is 1. The lowest BCUT2D eigenvalue weighted by atomic mass is 9.95. The van der Waals surface area contributed by atoms with Crippen LogP contribution in [0.25, 0.3) is 10.8 Å². The van der Waals surface area contributed by atoms with Gasteiger partial charge in [-0.1, -0.05) is 66.7 Å². The maximum atomic E-state index is 14.3. The second-order valence-corrected chi connectivity index (χ2v) is 10.6. The minimum absolute atomic E-state index is 0.101. The van der Waals surface area contributed by atoms with Crippen LogP contribution in [0.3, 0.4) is 0 Å². The average molecular weight is 535 g/mol. The van der Waals surface area contributed by atoms with Crippen LogP contribution in [0.15, 0.2) is 96.0 Å². The summed E-state index contributed by atoms with van der Waals surface area (Å²) in [6.45, 7) is 0.101. The number of thiophene rings is 1. The van der Waals surface area contributed by atoms with E-state index < -0.39 is 0 Å². The number of carbonyl (C=O) groups excluding carboxylic acids is 1. The number of ether oxygens (including phenoxy) is 1. The predicted molar refractivity (Wildman–Crippen MR) is 157 cm³/mol. The number of benzene rings is 4. The molecule has 0 bridgehead atoms. The van der Waals surface area contributed by atoms with Gasteiger partial charge in [-0.05, 0) is 66.3 Å². The van der Waals surface area contributed by atoms with Crippen molar-refractivity contribution in [2.45, 2.75) is 32.3 Å². The van der Waals surface area contributed by atoms with Crippen molar-refractivity contribution in [1.82, 2.24) is 0 Å². The second kappa shape index (κ2) is 11.2. The Balaban J connectivity index is 1.38. The molecule has 4 nitrogen and oxygen atoms in total. The molecule has 0 aliphatic heterocycles. The molecule has 194 valence electrons. The van der Waals surface area contributed by atoms with E-state index >= 15 is 0 Å². The summed E-state index contributed by atoms with van der Waals surface area (Å²) in [6, 6.07) is 28.0. The molecule has 0 saturated carbocycles. The van der Waals surface area contributed by atoms with E-state index in [1.54, 1.807) is 35.8 Å². The molecule has 0 unspecified atom stereocenters. The maximum Gasteiger partial charge on any atom is 0.259 e. The average Bonchev–Trinajstić information content (AvgIpc) is 3.35. The number of rotatable bonds is 7. The van der Waals surface area contributed by atoms with Gasteiger partial charge < -0.3 is 10.1 Å². The fraction of sp³-hybridized carbons (Fsp3) is 0.152. The van der Waals surface area contributed by atoms with Crippen LogP contribution < -0.4 is 10.1 Å². The van der Waals surface area contributed by atoms with Crippen molar-refractivity contribution < 1.29 is 13.9 Å². The molecule has 39 heavy (non-hydrogen) atoms. The summed E-state index contributed by atoms with van der Waals surface area (Å²) >= 11 is 1.59. The van der Waals surface area contributed by atoms with Gasteiger partial charge in [0.2, 0.25) is 0 Å². The smallest absolute Gasteiger partial charge is 0.259 e.